The summed E-state index contributed by atoms with van der Waals surface area (Å²) in [5.41, 5.74) is -2.14. The molecule has 0 radical (unpaired) electrons. The fourth-order valence-electron chi connectivity index (χ4n) is 2.01. The molecule has 0 aliphatic heterocycles. The molecule has 0 saturated heterocycles. The molecule has 112 valence electrons. The van der Waals surface area contributed by atoms with Crippen LogP contribution < -0.4 is 15.6 Å². The van der Waals surface area contributed by atoms with Crippen LogP contribution in [0.15, 0.2) is 23.0 Å². The lowest BCUT2D eigenvalue weighted by Gasteiger charge is -2.15. The van der Waals surface area contributed by atoms with Gasteiger partial charge in [0.05, 0.1) is 18.2 Å². The Hall–Kier alpha value is -2.51. The highest BCUT2D eigenvalue weighted by Crippen LogP contribution is 2.38. The van der Waals surface area contributed by atoms with E-state index in [1.165, 1.54) is 26.2 Å². The molecule has 2 rings (SSSR count). The Morgan fingerprint density at radius 3 is 2.52 bits per heavy atom. The molecule has 1 aromatic carbocycles. The molecule has 1 amide bonds. The molecular formula is C13H11F3N2O3. The minimum Gasteiger partial charge on any atom is -0.494 e. The fourth-order valence-corrected chi connectivity index (χ4v) is 2.01. The highest BCUT2D eigenvalue weighted by Gasteiger charge is 2.34. The average Bonchev–Trinajstić information content (AvgIpc) is 2.37. The number of hydrogen-bond donors (Lipinski definition) is 2. The summed E-state index contributed by atoms with van der Waals surface area (Å²) in [4.78, 5) is 25.0. The maximum absolute atomic E-state index is 13.0. The summed E-state index contributed by atoms with van der Waals surface area (Å²) in [5, 5.41) is 2.14. The number of hydrogen-bond acceptors (Lipinski definition) is 3. The summed E-state index contributed by atoms with van der Waals surface area (Å²) in [6, 6.07) is 2.95. The third kappa shape index (κ3) is 2.83. The third-order valence-corrected chi connectivity index (χ3v) is 2.81. The number of amides is 1. The van der Waals surface area contributed by atoms with Gasteiger partial charge in [-0.1, -0.05) is 0 Å². The van der Waals surface area contributed by atoms with Crippen LogP contribution in [0.3, 0.4) is 0 Å². The van der Waals surface area contributed by atoms with Crippen molar-refractivity contribution < 1.29 is 22.7 Å². The lowest BCUT2D eigenvalue weighted by molar-refractivity contribution is -0.136. The quantitative estimate of drug-likeness (QED) is 0.895. The van der Waals surface area contributed by atoms with E-state index in [4.69, 9.17) is 4.74 Å². The van der Waals surface area contributed by atoms with Gasteiger partial charge in [-0.3, -0.25) is 9.59 Å². The molecule has 0 unspecified atom stereocenters. The van der Waals surface area contributed by atoms with Crippen LogP contribution >= 0.6 is 0 Å². The van der Waals surface area contributed by atoms with Crippen molar-refractivity contribution in [3.8, 4) is 5.75 Å². The van der Waals surface area contributed by atoms with Gasteiger partial charge in [0.2, 0.25) is 11.5 Å². The van der Waals surface area contributed by atoms with Crippen molar-refractivity contribution >= 4 is 22.5 Å². The molecule has 0 aliphatic carbocycles. The van der Waals surface area contributed by atoms with Gasteiger partial charge >= 0.3 is 6.18 Å². The maximum Gasteiger partial charge on any atom is 0.417 e. The number of carbonyl (C=O) groups excluding carboxylic acids is 1. The normalized spacial score (nSPS) is 11.5. The van der Waals surface area contributed by atoms with Gasteiger partial charge in [0.15, 0.2) is 0 Å². The topological polar surface area (TPSA) is 71.2 Å². The second kappa shape index (κ2) is 5.12. The molecular weight excluding hydrogens is 289 g/mol. The summed E-state index contributed by atoms with van der Waals surface area (Å²) in [5.74, 6) is -0.355. The van der Waals surface area contributed by atoms with Crippen LogP contribution in [0, 0.1) is 0 Å². The Labute approximate surface area is 116 Å². The number of carbonyl (C=O) groups is 1. The zero-order chi connectivity index (χ0) is 15.8. The van der Waals surface area contributed by atoms with Gasteiger partial charge in [-0.15, -0.1) is 0 Å². The van der Waals surface area contributed by atoms with Crippen LogP contribution in [0.2, 0.25) is 0 Å². The number of nitrogens with one attached hydrogen (secondary N) is 2. The molecule has 0 saturated carbocycles. The van der Waals surface area contributed by atoms with Crippen LogP contribution in [-0.4, -0.2) is 18.0 Å². The number of rotatable bonds is 2. The number of aromatic amines is 1. The van der Waals surface area contributed by atoms with Crippen LogP contribution in [0.4, 0.5) is 18.9 Å². The van der Waals surface area contributed by atoms with E-state index in [0.717, 1.165) is 0 Å². The van der Waals surface area contributed by atoms with E-state index in [2.05, 4.69) is 10.3 Å². The van der Waals surface area contributed by atoms with Gasteiger partial charge in [-0.2, -0.15) is 13.2 Å². The van der Waals surface area contributed by atoms with Crippen LogP contribution in [0.25, 0.3) is 10.9 Å². The number of aromatic nitrogens is 1. The molecule has 2 N–H and O–H groups in total. The third-order valence-electron chi connectivity index (χ3n) is 2.81. The van der Waals surface area contributed by atoms with Crippen molar-refractivity contribution in [2.24, 2.45) is 0 Å². The van der Waals surface area contributed by atoms with E-state index < -0.39 is 23.2 Å². The molecule has 0 bridgehead atoms. The molecule has 0 spiro atoms. The van der Waals surface area contributed by atoms with Gasteiger partial charge in [-0.25, -0.2) is 0 Å². The summed E-state index contributed by atoms with van der Waals surface area (Å²) in [6.07, 6.45) is -4.69. The Kier molecular flexibility index (Phi) is 3.63. The van der Waals surface area contributed by atoms with E-state index in [1.807, 2.05) is 0 Å². The van der Waals surface area contributed by atoms with Crippen molar-refractivity contribution in [3.05, 3.63) is 34.1 Å². The maximum atomic E-state index is 13.0. The van der Waals surface area contributed by atoms with E-state index in [-0.39, 0.29) is 22.3 Å². The van der Waals surface area contributed by atoms with Crippen LogP contribution in [0.1, 0.15) is 12.5 Å². The lowest BCUT2D eigenvalue weighted by atomic mass is 10.1. The van der Waals surface area contributed by atoms with E-state index >= 15 is 0 Å². The number of fused-ring (bicyclic) bond motifs is 1. The summed E-state index contributed by atoms with van der Waals surface area (Å²) >= 11 is 0. The second-order valence-electron chi connectivity index (χ2n) is 4.29. The fraction of sp³-hybridized carbons (Fsp3) is 0.231. The standard InChI is InChI=1S/C13H11F3N2O3/c1-6(19)17-12-9(21-2)4-3-7-8(13(14,15)16)5-10(20)18-11(7)12/h3-5H,1-2H3,(H,17,19)(H,18,20). The second-order valence-corrected chi connectivity index (χ2v) is 4.29. The van der Waals surface area contributed by atoms with E-state index in [9.17, 15) is 22.8 Å². The Morgan fingerprint density at radius 1 is 1.33 bits per heavy atom. The van der Waals surface area contributed by atoms with Gasteiger partial charge in [0, 0.05) is 18.4 Å². The Morgan fingerprint density at radius 2 is 2.00 bits per heavy atom. The van der Waals surface area contributed by atoms with Crippen molar-refractivity contribution in [2.75, 3.05) is 12.4 Å². The zero-order valence-corrected chi connectivity index (χ0v) is 11.1. The molecule has 0 fully saturated rings. The highest BCUT2D eigenvalue weighted by atomic mass is 19.4. The minimum absolute atomic E-state index is 0.00861. The highest BCUT2D eigenvalue weighted by molar-refractivity contribution is 6.03. The molecule has 1 aromatic heterocycles. The van der Waals surface area contributed by atoms with Crippen LogP contribution in [-0.2, 0) is 11.0 Å². The first kappa shape index (κ1) is 14.9. The number of alkyl halides is 3. The smallest absolute Gasteiger partial charge is 0.417 e. The summed E-state index contributed by atoms with van der Waals surface area (Å²) < 4.78 is 44.0. The van der Waals surface area contributed by atoms with Crippen molar-refractivity contribution in [1.29, 1.82) is 0 Å². The Balaban J connectivity index is 2.89. The van der Waals surface area contributed by atoms with Crippen molar-refractivity contribution in [1.82, 2.24) is 4.98 Å². The molecule has 0 atom stereocenters. The molecule has 5 nitrogen and oxygen atoms in total. The number of methoxy groups -OCH3 is 1. The first-order chi connectivity index (χ1) is 9.74. The molecule has 21 heavy (non-hydrogen) atoms. The molecule has 2 aromatic rings. The van der Waals surface area contributed by atoms with Crippen molar-refractivity contribution in [3.63, 3.8) is 0 Å². The van der Waals surface area contributed by atoms with Gasteiger partial charge in [-0.05, 0) is 12.1 Å². The van der Waals surface area contributed by atoms with Crippen molar-refractivity contribution in [2.45, 2.75) is 13.1 Å². The largest absolute Gasteiger partial charge is 0.494 e. The minimum atomic E-state index is -4.69. The monoisotopic (exact) mass is 300 g/mol. The number of halogens is 3. The molecule has 1 heterocycles. The van der Waals surface area contributed by atoms with Gasteiger partial charge in [0.25, 0.3) is 0 Å². The van der Waals surface area contributed by atoms with E-state index in [0.29, 0.717) is 6.07 Å². The first-order valence-corrected chi connectivity index (χ1v) is 5.83. The number of pyridine rings is 1. The lowest BCUT2D eigenvalue weighted by Crippen LogP contribution is -2.16. The van der Waals surface area contributed by atoms with Gasteiger partial charge in [0.1, 0.15) is 11.4 Å². The Bertz CT molecular complexity index is 766. The predicted molar refractivity (Wildman–Crippen MR) is 70.4 cm³/mol. The summed E-state index contributed by atoms with van der Waals surface area (Å²) in [7, 11) is 1.30. The number of H-pyrrole nitrogens is 1. The zero-order valence-electron chi connectivity index (χ0n) is 11.1. The number of anilines is 1. The SMILES string of the molecule is COc1ccc2c(C(F)(F)F)cc(=O)[nH]c2c1NC(C)=O. The number of ether oxygens (including phenoxy) is 1. The van der Waals surface area contributed by atoms with Gasteiger partial charge < -0.3 is 15.0 Å². The number of benzene rings is 1. The average molecular weight is 300 g/mol. The van der Waals surface area contributed by atoms with Crippen LogP contribution in [0.5, 0.6) is 5.75 Å². The summed E-state index contributed by atoms with van der Waals surface area (Å²) in [6.45, 7) is 1.20. The molecule has 8 heteroatoms. The first-order valence-electron chi connectivity index (χ1n) is 5.83. The van der Waals surface area contributed by atoms with E-state index in [1.54, 1.807) is 0 Å². The predicted octanol–water partition coefficient (Wildman–Crippen LogP) is 2.51. The molecule has 0 aliphatic rings.